The van der Waals surface area contributed by atoms with Crippen LogP contribution in [-0.4, -0.2) is 13.2 Å². The lowest BCUT2D eigenvalue weighted by Crippen LogP contribution is -2.22. The van der Waals surface area contributed by atoms with Gasteiger partial charge in [0.2, 0.25) is 0 Å². The van der Waals surface area contributed by atoms with Crippen molar-refractivity contribution >= 4 is 0 Å². The van der Waals surface area contributed by atoms with Gasteiger partial charge in [0, 0.05) is 6.54 Å². The Morgan fingerprint density at radius 3 is 2.29 bits per heavy atom. The SMILES string of the molecule is C.C1CCONC1. The van der Waals surface area contributed by atoms with E-state index in [0.29, 0.717) is 0 Å². The predicted octanol–water partition coefficient (Wildman–Crippen LogP) is 0.938. The summed E-state index contributed by atoms with van der Waals surface area (Å²) in [6.45, 7) is 1.92. The van der Waals surface area contributed by atoms with E-state index in [0.717, 1.165) is 13.2 Å². The normalized spacial score (nSPS) is 20.6. The third-order valence-corrected chi connectivity index (χ3v) is 0.877. The van der Waals surface area contributed by atoms with Gasteiger partial charge in [0.05, 0.1) is 6.61 Å². The van der Waals surface area contributed by atoms with Crippen molar-refractivity contribution in [2.75, 3.05) is 13.2 Å². The van der Waals surface area contributed by atoms with E-state index in [4.69, 9.17) is 4.84 Å². The first-order chi connectivity index (χ1) is 3.00. The second-order valence-corrected chi connectivity index (χ2v) is 1.45. The van der Waals surface area contributed by atoms with Gasteiger partial charge >= 0.3 is 0 Å². The maximum Gasteiger partial charge on any atom is 0.0682 e. The van der Waals surface area contributed by atoms with Crippen LogP contribution in [0.5, 0.6) is 0 Å². The van der Waals surface area contributed by atoms with Crippen LogP contribution in [0.2, 0.25) is 0 Å². The van der Waals surface area contributed by atoms with Crippen LogP contribution in [0.15, 0.2) is 0 Å². The molecule has 0 amide bonds. The van der Waals surface area contributed by atoms with E-state index >= 15 is 0 Å². The predicted molar refractivity (Wildman–Crippen MR) is 29.9 cm³/mol. The van der Waals surface area contributed by atoms with Crippen LogP contribution in [0.4, 0.5) is 0 Å². The van der Waals surface area contributed by atoms with Crippen LogP contribution in [0.25, 0.3) is 0 Å². The van der Waals surface area contributed by atoms with E-state index in [2.05, 4.69) is 5.48 Å². The first-order valence-corrected chi connectivity index (χ1v) is 2.35. The summed E-state index contributed by atoms with van der Waals surface area (Å²) in [5.74, 6) is 0. The zero-order valence-corrected chi connectivity index (χ0v) is 3.74. The smallest absolute Gasteiger partial charge is 0.0682 e. The van der Waals surface area contributed by atoms with Gasteiger partial charge < -0.3 is 4.84 Å². The van der Waals surface area contributed by atoms with E-state index in [-0.39, 0.29) is 7.43 Å². The van der Waals surface area contributed by atoms with Gasteiger partial charge in [-0.25, -0.2) is 5.48 Å². The van der Waals surface area contributed by atoms with Gasteiger partial charge in [-0.05, 0) is 12.8 Å². The highest BCUT2D eigenvalue weighted by Gasteiger charge is 1.93. The molecule has 0 unspecified atom stereocenters. The molecule has 0 spiro atoms. The van der Waals surface area contributed by atoms with Crippen molar-refractivity contribution in [3.05, 3.63) is 0 Å². The lowest BCUT2D eigenvalue weighted by Gasteiger charge is -2.09. The highest BCUT2D eigenvalue weighted by molar-refractivity contribution is 4.43. The average Bonchev–Trinajstić information content (AvgIpc) is 1.72. The van der Waals surface area contributed by atoms with Crippen LogP contribution >= 0.6 is 0 Å². The molecule has 0 radical (unpaired) electrons. The molecule has 0 bridgehead atoms. The molecule has 1 aliphatic rings. The molecule has 0 saturated carbocycles. The van der Waals surface area contributed by atoms with Crippen LogP contribution in [0.1, 0.15) is 20.3 Å². The summed E-state index contributed by atoms with van der Waals surface area (Å²) in [5, 5.41) is 0. The first kappa shape index (κ1) is 6.92. The topological polar surface area (TPSA) is 21.3 Å². The minimum atomic E-state index is 0. The fraction of sp³-hybridized carbons (Fsp3) is 1.00. The molecule has 1 heterocycles. The minimum Gasteiger partial charge on any atom is -0.302 e. The zero-order valence-electron chi connectivity index (χ0n) is 3.74. The molecule has 0 aliphatic carbocycles. The Balaban J connectivity index is 0.000000360. The Bertz CT molecular complexity index is 23.6. The summed E-state index contributed by atoms with van der Waals surface area (Å²) in [4.78, 5) is 4.82. The van der Waals surface area contributed by atoms with E-state index in [1.807, 2.05) is 0 Å². The third kappa shape index (κ3) is 2.60. The van der Waals surface area contributed by atoms with E-state index < -0.39 is 0 Å². The van der Waals surface area contributed by atoms with Crippen molar-refractivity contribution in [3.8, 4) is 0 Å². The molecule has 2 heteroatoms. The molecular weight excluding hydrogens is 90.1 g/mol. The Morgan fingerprint density at radius 1 is 1.29 bits per heavy atom. The Labute approximate surface area is 44.8 Å². The molecule has 0 aromatic carbocycles. The van der Waals surface area contributed by atoms with Gasteiger partial charge in [0.15, 0.2) is 0 Å². The fourth-order valence-electron chi connectivity index (χ4n) is 0.516. The van der Waals surface area contributed by atoms with Crippen molar-refractivity contribution in [2.24, 2.45) is 0 Å². The maximum atomic E-state index is 4.82. The number of nitrogens with one attached hydrogen (secondary N) is 1. The summed E-state index contributed by atoms with van der Waals surface area (Å²) in [5.41, 5.74) is 2.78. The van der Waals surface area contributed by atoms with Gasteiger partial charge in [-0.2, -0.15) is 0 Å². The van der Waals surface area contributed by atoms with Gasteiger partial charge in [-0.3, -0.25) is 0 Å². The van der Waals surface area contributed by atoms with Crippen molar-refractivity contribution in [1.29, 1.82) is 0 Å². The van der Waals surface area contributed by atoms with Crippen molar-refractivity contribution in [1.82, 2.24) is 5.48 Å². The average molecular weight is 103 g/mol. The lowest BCUT2D eigenvalue weighted by molar-refractivity contribution is 0.0128. The van der Waals surface area contributed by atoms with Gasteiger partial charge in [0.25, 0.3) is 0 Å². The number of hydroxylamine groups is 1. The number of hydrogen-bond acceptors (Lipinski definition) is 2. The molecule has 1 rings (SSSR count). The van der Waals surface area contributed by atoms with Crippen LogP contribution in [-0.2, 0) is 4.84 Å². The second kappa shape index (κ2) is 4.09. The van der Waals surface area contributed by atoms with Crippen LogP contribution in [0.3, 0.4) is 0 Å². The van der Waals surface area contributed by atoms with Crippen molar-refractivity contribution < 1.29 is 4.84 Å². The Hall–Kier alpha value is -0.0800. The molecule has 1 fully saturated rings. The second-order valence-electron chi connectivity index (χ2n) is 1.45. The van der Waals surface area contributed by atoms with Gasteiger partial charge in [-0.15, -0.1) is 0 Å². The third-order valence-electron chi connectivity index (χ3n) is 0.877. The quantitative estimate of drug-likeness (QED) is 0.492. The van der Waals surface area contributed by atoms with Crippen molar-refractivity contribution in [2.45, 2.75) is 20.3 Å². The first-order valence-electron chi connectivity index (χ1n) is 2.35. The minimum absolute atomic E-state index is 0. The summed E-state index contributed by atoms with van der Waals surface area (Å²) in [6.07, 6.45) is 2.48. The molecule has 0 atom stereocenters. The van der Waals surface area contributed by atoms with E-state index in [9.17, 15) is 0 Å². The number of rotatable bonds is 0. The molecule has 1 aliphatic heterocycles. The molecule has 0 aromatic heterocycles. The van der Waals surface area contributed by atoms with Gasteiger partial charge in [0.1, 0.15) is 0 Å². The molecule has 7 heavy (non-hydrogen) atoms. The highest BCUT2D eigenvalue weighted by atomic mass is 16.6. The summed E-state index contributed by atoms with van der Waals surface area (Å²) in [6, 6.07) is 0. The summed E-state index contributed by atoms with van der Waals surface area (Å²) in [7, 11) is 0. The van der Waals surface area contributed by atoms with E-state index in [1.165, 1.54) is 12.8 Å². The Morgan fingerprint density at radius 2 is 2.14 bits per heavy atom. The molecule has 2 nitrogen and oxygen atoms in total. The lowest BCUT2D eigenvalue weighted by atomic mass is 10.3. The molecule has 1 saturated heterocycles. The summed E-state index contributed by atoms with van der Waals surface area (Å²) < 4.78 is 0. The van der Waals surface area contributed by atoms with Crippen LogP contribution in [0, 0.1) is 0 Å². The van der Waals surface area contributed by atoms with Crippen LogP contribution < -0.4 is 5.48 Å². The fourth-order valence-corrected chi connectivity index (χ4v) is 0.516. The molecule has 1 N–H and O–H groups in total. The monoisotopic (exact) mass is 103 g/mol. The maximum absolute atomic E-state index is 4.82. The zero-order chi connectivity index (χ0) is 4.24. The molecule has 0 aromatic rings. The highest BCUT2D eigenvalue weighted by Crippen LogP contribution is 1.91. The molecule has 44 valence electrons. The van der Waals surface area contributed by atoms with Crippen molar-refractivity contribution in [3.63, 3.8) is 0 Å². The molecular formula is C5H13NO. The standard InChI is InChI=1S/C4H9NO.CH4/c1-2-4-6-5-3-1;/h5H,1-4H2;1H4. The largest absolute Gasteiger partial charge is 0.302 e. The van der Waals surface area contributed by atoms with Gasteiger partial charge in [-0.1, -0.05) is 7.43 Å². The number of hydrogen-bond donors (Lipinski definition) is 1. The Kier molecular flexibility index (Phi) is 4.04. The summed E-state index contributed by atoms with van der Waals surface area (Å²) >= 11 is 0. The van der Waals surface area contributed by atoms with E-state index in [1.54, 1.807) is 0 Å².